The molecular weight excluding hydrogens is 396 g/mol. The molecule has 1 aromatic rings. The number of amides is 3. The van der Waals surface area contributed by atoms with E-state index in [1.807, 2.05) is 26.0 Å². The van der Waals surface area contributed by atoms with Gasteiger partial charge in [0.2, 0.25) is 17.7 Å². The smallest absolute Gasteiger partial charge is 0.233 e. The summed E-state index contributed by atoms with van der Waals surface area (Å²) in [5.74, 6) is 0.283. The number of halogens is 1. The molecule has 3 aliphatic rings. The van der Waals surface area contributed by atoms with E-state index in [-0.39, 0.29) is 42.5 Å². The summed E-state index contributed by atoms with van der Waals surface area (Å²) in [5, 5.41) is 2.90. The Kier molecular flexibility index (Phi) is 4.41. The molecule has 4 atom stereocenters. The number of carbonyl (C=O) groups is 3. The Labute approximate surface area is 161 Å². The fourth-order valence-electron chi connectivity index (χ4n) is 5.03. The minimum Gasteiger partial charge on any atom is -0.326 e. The summed E-state index contributed by atoms with van der Waals surface area (Å²) in [6.45, 7) is 4.09. The summed E-state index contributed by atoms with van der Waals surface area (Å²) in [6.07, 6.45) is 3.31. The van der Waals surface area contributed by atoms with Crippen molar-refractivity contribution in [1.29, 1.82) is 0 Å². The second-order valence-corrected chi connectivity index (χ2v) is 8.78. The summed E-state index contributed by atoms with van der Waals surface area (Å²) < 4.78 is 1.00. The topological polar surface area (TPSA) is 66.5 Å². The predicted octanol–water partition coefficient (Wildman–Crippen LogP) is 3.43. The van der Waals surface area contributed by atoms with Crippen LogP contribution in [-0.4, -0.2) is 29.2 Å². The van der Waals surface area contributed by atoms with Crippen LogP contribution in [0.2, 0.25) is 0 Å². The highest BCUT2D eigenvalue weighted by molar-refractivity contribution is 9.10. The molecule has 1 aromatic carbocycles. The molecular formula is C20H23BrN2O3. The third-order valence-electron chi connectivity index (χ3n) is 6.36. The molecule has 4 rings (SSSR count). The van der Waals surface area contributed by atoms with E-state index >= 15 is 0 Å². The molecule has 1 heterocycles. The van der Waals surface area contributed by atoms with Crippen LogP contribution in [-0.2, 0) is 14.4 Å². The highest BCUT2D eigenvalue weighted by Gasteiger charge is 2.60. The lowest BCUT2D eigenvalue weighted by atomic mass is 9.81. The highest BCUT2D eigenvalue weighted by atomic mass is 79.9. The summed E-state index contributed by atoms with van der Waals surface area (Å²) in [5.41, 5.74) is 2.78. The van der Waals surface area contributed by atoms with Gasteiger partial charge in [-0.05, 0) is 68.2 Å². The standard InChI is InChI=1S/C20H23BrN2O3/c1-10-8-15(11(2)7-14(10)21)22-16(24)5-6-23-19(25)17-12-3-4-13(9-12)18(17)20(23)26/h7-8,12-13,17-18H,3-6,9H2,1-2H3,(H,22,24)/t12-,13-,17+,18+/m0/s1. The number of benzene rings is 1. The fourth-order valence-corrected chi connectivity index (χ4v) is 5.49. The molecule has 6 heteroatoms. The van der Waals surface area contributed by atoms with Gasteiger partial charge in [-0.1, -0.05) is 15.9 Å². The van der Waals surface area contributed by atoms with Crippen LogP contribution in [0.1, 0.15) is 36.8 Å². The molecule has 2 saturated carbocycles. The van der Waals surface area contributed by atoms with Gasteiger partial charge in [0, 0.05) is 23.1 Å². The summed E-state index contributed by atoms with van der Waals surface area (Å²) in [4.78, 5) is 39.0. The molecule has 2 bridgehead atoms. The number of carbonyl (C=O) groups excluding carboxylic acids is 3. The zero-order valence-corrected chi connectivity index (χ0v) is 16.6. The van der Waals surface area contributed by atoms with Crippen molar-refractivity contribution in [2.75, 3.05) is 11.9 Å². The number of rotatable bonds is 4. The van der Waals surface area contributed by atoms with Crippen LogP contribution in [0, 0.1) is 37.5 Å². The number of aryl methyl sites for hydroxylation is 2. The van der Waals surface area contributed by atoms with Crippen LogP contribution in [0.3, 0.4) is 0 Å². The first kappa shape index (κ1) is 17.7. The van der Waals surface area contributed by atoms with Crippen molar-refractivity contribution < 1.29 is 14.4 Å². The first-order valence-electron chi connectivity index (χ1n) is 9.28. The van der Waals surface area contributed by atoms with Gasteiger partial charge >= 0.3 is 0 Å². The van der Waals surface area contributed by atoms with E-state index in [2.05, 4.69) is 21.2 Å². The first-order chi connectivity index (χ1) is 12.4. The van der Waals surface area contributed by atoms with E-state index in [0.29, 0.717) is 11.8 Å². The van der Waals surface area contributed by atoms with E-state index in [1.165, 1.54) is 4.90 Å². The zero-order chi connectivity index (χ0) is 18.6. The van der Waals surface area contributed by atoms with Crippen LogP contribution in [0.15, 0.2) is 16.6 Å². The molecule has 0 aromatic heterocycles. The molecule has 1 saturated heterocycles. The van der Waals surface area contributed by atoms with Crippen LogP contribution < -0.4 is 5.32 Å². The summed E-state index contributed by atoms with van der Waals surface area (Å²) >= 11 is 3.48. The van der Waals surface area contributed by atoms with Gasteiger partial charge < -0.3 is 5.32 Å². The normalized spacial score (nSPS) is 29.4. The average Bonchev–Trinajstić information content (AvgIpc) is 3.26. The van der Waals surface area contributed by atoms with Gasteiger partial charge in [-0.3, -0.25) is 19.3 Å². The summed E-state index contributed by atoms with van der Waals surface area (Å²) in [6, 6.07) is 3.89. The van der Waals surface area contributed by atoms with Crippen LogP contribution in [0.5, 0.6) is 0 Å². The Morgan fingerprint density at radius 1 is 1.12 bits per heavy atom. The zero-order valence-electron chi connectivity index (χ0n) is 15.0. The van der Waals surface area contributed by atoms with Gasteiger partial charge in [-0.15, -0.1) is 0 Å². The van der Waals surface area contributed by atoms with Crippen molar-refractivity contribution in [2.45, 2.75) is 39.5 Å². The van der Waals surface area contributed by atoms with E-state index in [9.17, 15) is 14.4 Å². The third-order valence-corrected chi connectivity index (χ3v) is 7.22. The molecule has 0 spiro atoms. The van der Waals surface area contributed by atoms with E-state index < -0.39 is 0 Å². The van der Waals surface area contributed by atoms with Gasteiger partial charge in [-0.2, -0.15) is 0 Å². The van der Waals surface area contributed by atoms with Crippen molar-refractivity contribution in [3.05, 3.63) is 27.7 Å². The van der Waals surface area contributed by atoms with Crippen LogP contribution in [0.25, 0.3) is 0 Å². The summed E-state index contributed by atoms with van der Waals surface area (Å²) in [7, 11) is 0. The molecule has 0 radical (unpaired) electrons. The lowest BCUT2D eigenvalue weighted by Gasteiger charge is -2.19. The monoisotopic (exact) mass is 418 g/mol. The Morgan fingerprint density at radius 3 is 2.35 bits per heavy atom. The molecule has 3 amide bonds. The lowest BCUT2D eigenvalue weighted by Crippen LogP contribution is -2.35. The van der Waals surface area contributed by atoms with E-state index in [0.717, 1.165) is 40.5 Å². The second kappa shape index (κ2) is 6.48. The Balaban J connectivity index is 1.39. The number of nitrogens with one attached hydrogen (secondary N) is 1. The third kappa shape index (κ3) is 2.79. The van der Waals surface area contributed by atoms with Crippen LogP contribution >= 0.6 is 15.9 Å². The lowest BCUT2D eigenvalue weighted by molar-refractivity contribution is -0.140. The van der Waals surface area contributed by atoms with Crippen molar-refractivity contribution in [3.8, 4) is 0 Å². The molecule has 2 aliphatic carbocycles. The average molecular weight is 419 g/mol. The van der Waals surface area contributed by atoms with Gasteiger partial charge in [-0.25, -0.2) is 0 Å². The van der Waals surface area contributed by atoms with Gasteiger partial charge in [0.05, 0.1) is 11.8 Å². The Morgan fingerprint density at radius 2 is 1.73 bits per heavy atom. The molecule has 1 N–H and O–H groups in total. The largest absolute Gasteiger partial charge is 0.326 e. The minimum absolute atomic E-state index is 0.0457. The number of hydrogen-bond donors (Lipinski definition) is 1. The number of anilines is 1. The molecule has 5 nitrogen and oxygen atoms in total. The maximum atomic E-state index is 12.7. The van der Waals surface area contributed by atoms with Crippen molar-refractivity contribution in [1.82, 2.24) is 4.90 Å². The van der Waals surface area contributed by atoms with Crippen molar-refractivity contribution in [2.24, 2.45) is 23.7 Å². The Bertz CT molecular complexity index is 778. The minimum atomic E-state index is -0.171. The quantitative estimate of drug-likeness (QED) is 0.761. The van der Waals surface area contributed by atoms with Crippen molar-refractivity contribution >= 4 is 39.3 Å². The van der Waals surface area contributed by atoms with Gasteiger partial charge in [0.1, 0.15) is 0 Å². The molecule has 3 fully saturated rings. The molecule has 1 aliphatic heterocycles. The first-order valence-corrected chi connectivity index (χ1v) is 10.1. The number of likely N-dealkylation sites (tertiary alicyclic amines) is 1. The van der Waals surface area contributed by atoms with E-state index in [1.54, 1.807) is 0 Å². The number of fused-ring (bicyclic) bond motifs is 5. The number of imide groups is 1. The second-order valence-electron chi connectivity index (χ2n) is 7.93. The van der Waals surface area contributed by atoms with Crippen molar-refractivity contribution in [3.63, 3.8) is 0 Å². The molecule has 26 heavy (non-hydrogen) atoms. The van der Waals surface area contributed by atoms with E-state index in [4.69, 9.17) is 0 Å². The highest BCUT2D eigenvalue weighted by Crippen LogP contribution is 2.56. The maximum absolute atomic E-state index is 12.7. The Hall–Kier alpha value is -1.69. The van der Waals surface area contributed by atoms with Gasteiger partial charge in [0.25, 0.3) is 0 Å². The van der Waals surface area contributed by atoms with Gasteiger partial charge in [0.15, 0.2) is 0 Å². The molecule has 138 valence electrons. The predicted molar refractivity (Wildman–Crippen MR) is 101 cm³/mol. The van der Waals surface area contributed by atoms with Crippen LogP contribution in [0.4, 0.5) is 5.69 Å². The SMILES string of the molecule is Cc1cc(NC(=O)CCN2C(=O)[C@@H]3[C@H]4CC[C@@H](C4)[C@H]3C2=O)c(C)cc1Br. The number of hydrogen-bond acceptors (Lipinski definition) is 3. The molecule has 0 unspecified atom stereocenters. The maximum Gasteiger partial charge on any atom is 0.233 e. The fraction of sp³-hybridized carbons (Fsp3) is 0.550. The number of nitrogens with zero attached hydrogens (tertiary/aromatic N) is 1.